The van der Waals surface area contributed by atoms with Crippen LogP contribution in [0.5, 0.6) is 0 Å². The number of hydrogen-bond donors (Lipinski definition) is 0. The molecule has 3 rings (SSSR count). The van der Waals surface area contributed by atoms with Gasteiger partial charge >= 0.3 is 58.2 Å². The van der Waals surface area contributed by atoms with Crippen LogP contribution in [-0.4, -0.2) is 13.0 Å². The molecule has 0 radical (unpaired) electrons. The fraction of sp³-hybridized carbons (Fsp3) is 0.0588. The molecule has 3 nitrogen and oxygen atoms in total. The van der Waals surface area contributed by atoms with E-state index < -0.39 is 10.1 Å². The summed E-state index contributed by atoms with van der Waals surface area (Å²) < 4.78 is 35.1. The van der Waals surface area contributed by atoms with Crippen LogP contribution in [0, 0.1) is 0 Å². The van der Waals surface area contributed by atoms with E-state index in [4.69, 9.17) is 0 Å². The van der Waals surface area contributed by atoms with Crippen molar-refractivity contribution in [2.24, 2.45) is 0 Å². The molecule has 0 aliphatic carbocycles. The zero-order chi connectivity index (χ0) is 15.2. The second-order valence-electron chi connectivity index (χ2n) is 5.10. The van der Waals surface area contributed by atoms with Crippen LogP contribution in [0.2, 0.25) is 0 Å². The molecule has 0 aromatic heterocycles. The van der Waals surface area contributed by atoms with Gasteiger partial charge in [-0.1, -0.05) is 43.0 Å². The van der Waals surface area contributed by atoms with Gasteiger partial charge in [0, 0.05) is 5.39 Å². The van der Waals surface area contributed by atoms with Crippen LogP contribution in [0.1, 0.15) is 12.5 Å². The average Bonchev–Trinajstić information content (AvgIpc) is 2.42. The first kappa shape index (κ1) is 18.0. The molecule has 0 aliphatic rings. The maximum atomic E-state index is 11.7. The summed E-state index contributed by atoms with van der Waals surface area (Å²) in [5, 5.41) is 3.08. The molecule has 0 spiro atoms. The Morgan fingerprint density at radius 1 is 1.00 bits per heavy atom. The number of rotatable bonds is 2. The average molecular weight is 383 g/mol. The Morgan fingerprint density at radius 3 is 2.14 bits per heavy atom. The van der Waals surface area contributed by atoms with Crippen molar-refractivity contribution in [3.05, 3.63) is 60.7 Å². The monoisotopic (exact) mass is 382 g/mol. The van der Waals surface area contributed by atoms with E-state index in [1.165, 1.54) is 0 Å². The number of allylic oxidation sites excluding steroid dienone is 1. The van der Waals surface area contributed by atoms with Crippen molar-refractivity contribution in [1.82, 2.24) is 0 Å². The van der Waals surface area contributed by atoms with E-state index in [9.17, 15) is 13.0 Å². The molecule has 0 amide bonds. The van der Waals surface area contributed by atoms with E-state index in [2.05, 4.69) is 6.58 Å². The molecule has 0 N–H and O–H groups in total. The van der Waals surface area contributed by atoms with Crippen molar-refractivity contribution in [1.29, 1.82) is 0 Å². The molecular weight excluding hydrogens is 370 g/mol. The van der Waals surface area contributed by atoms with Crippen molar-refractivity contribution in [3.63, 3.8) is 0 Å². The molecule has 3 aromatic carbocycles. The summed E-state index contributed by atoms with van der Waals surface area (Å²) in [6.45, 7) is 5.46. The summed E-state index contributed by atoms with van der Waals surface area (Å²) in [7, 11) is -4.58. The smallest absolute Gasteiger partial charge is 0.744 e. The Morgan fingerprint density at radius 2 is 1.59 bits per heavy atom. The first-order chi connectivity index (χ1) is 9.88. The maximum Gasteiger partial charge on any atom is 1.00 e. The fourth-order valence-corrected chi connectivity index (χ4v) is 3.55. The summed E-state index contributed by atoms with van der Waals surface area (Å²) in [5.74, 6) is 0. The molecule has 5 heteroatoms. The summed E-state index contributed by atoms with van der Waals surface area (Å²) in [5.41, 5.74) is 0.937. The van der Waals surface area contributed by atoms with Gasteiger partial charge in [0.2, 0.25) is 0 Å². The first-order valence-corrected chi connectivity index (χ1v) is 7.86. The predicted octanol–water partition coefficient (Wildman–Crippen LogP) is 0.934. The Bertz CT molecular complexity index is 991. The normalized spacial score (nSPS) is 11.4. The van der Waals surface area contributed by atoms with E-state index in [1.807, 2.05) is 36.4 Å². The third-order valence-corrected chi connectivity index (χ3v) is 4.49. The van der Waals surface area contributed by atoms with Crippen molar-refractivity contribution in [2.45, 2.75) is 11.8 Å². The van der Waals surface area contributed by atoms with E-state index in [1.54, 1.807) is 19.1 Å². The second kappa shape index (κ2) is 6.63. The summed E-state index contributed by atoms with van der Waals surface area (Å²) in [4.78, 5) is -0.182. The summed E-state index contributed by atoms with van der Waals surface area (Å²) in [6.07, 6.45) is 0. The van der Waals surface area contributed by atoms with E-state index in [-0.39, 0.29) is 63.1 Å². The van der Waals surface area contributed by atoms with Gasteiger partial charge in [-0.2, -0.15) is 0 Å². The van der Waals surface area contributed by atoms with Crippen LogP contribution in [0.15, 0.2) is 60.0 Å². The van der Waals surface area contributed by atoms with Crippen LogP contribution >= 0.6 is 0 Å². The number of benzene rings is 3. The van der Waals surface area contributed by atoms with Crippen LogP contribution in [0.25, 0.3) is 27.1 Å². The van der Waals surface area contributed by atoms with Gasteiger partial charge in [0.05, 0.1) is 4.90 Å². The maximum absolute atomic E-state index is 11.7. The Hall–Kier alpha value is -0.365. The van der Waals surface area contributed by atoms with Crippen LogP contribution in [0.4, 0.5) is 0 Å². The van der Waals surface area contributed by atoms with Gasteiger partial charge in [-0.3, -0.25) is 0 Å². The van der Waals surface area contributed by atoms with Crippen molar-refractivity contribution in [3.8, 4) is 0 Å². The molecule has 0 unspecified atom stereocenters. The number of fused-ring (bicyclic) bond motifs is 2. The molecule has 0 fully saturated rings. The molecule has 106 valence electrons. The molecule has 22 heavy (non-hydrogen) atoms. The standard InChI is InChI=1S/C17H14O3S.Rb/c1-11(2)15-8-7-14-9-12-5-3-4-6-13(12)10-16(14)17(15)21(18,19)20;/h3-10H,1H2,2H3,(H,18,19,20);/q;+1/p-1. The molecule has 0 saturated carbocycles. The fourth-order valence-electron chi connectivity index (χ4n) is 2.59. The van der Waals surface area contributed by atoms with Crippen molar-refractivity contribution < 1.29 is 71.2 Å². The zero-order valence-electron chi connectivity index (χ0n) is 12.5. The third kappa shape index (κ3) is 3.27. The summed E-state index contributed by atoms with van der Waals surface area (Å²) >= 11 is 0. The van der Waals surface area contributed by atoms with Gasteiger partial charge in [-0.05, 0) is 46.4 Å². The first-order valence-electron chi connectivity index (χ1n) is 6.45. The Kier molecular flexibility index (Phi) is 5.42. The molecule has 0 aliphatic heterocycles. The van der Waals surface area contributed by atoms with Gasteiger partial charge in [0.15, 0.2) is 0 Å². The van der Waals surface area contributed by atoms with Gasteiger partial charge in [0.25, 0.3) is 0 Å². The van der Waals surface area contributed by atoms with Gasteiger partial charge < -0.3 is 4.55 Å². The van der Waals surface area contributed by atoms with Crippen LogP contribution in [-0.2, 0) is 10.1 Å². The van der Waals surface area contributed by atoms with E-state index in [0.29, 0.717) is 16.5 Å². The molecule has 0 saturated heterocycles. The number of hydrogen-bond acceptors (Lipinski definition) is 3. The van der Waals surface area contributed by atoms with Crippen molar-refractivity contribution in [2.75, 3.05) is 0 Å². The third-order valence-electron chi connectivity index (χ3n) is 3.55. The zero-order valence-corrected chi connectivity index (χ0v) is 18.2. The van der Waals surface area contributed by atoms with Crippen molar-refractivity contribution >= 4 is 37.2 Å². The van der Waals surface area contributed by atoms with Crippen LogP contribution < -0.4 is 58.2 Å². The van der Waals surface area contributed by atoms with E-state index >= 15 is 0 Å². The van der Waals surface area contributed by atoms with Crippen LogP contribution in [0.3, 0.4) is 0 Å². The van der Waals surface area contributed by atoms with Gasteiger partial charge in [-0.25, -0.2) is 8.42 Å². The molecule has 0 bridgehead atoms. The SMILES string of the molecule is C=C(C)c1ccc2cc3ccccc3cc2c1S(=O)(=O)[O-].[Rb+]. The Balaban J connectivity index is 0.00000176. The largest absolute Gasteiger partial charge is 1.00 e. The molecular formula is C17H13O3RbS. The summed E-state index contributed by atoms with van der Waals surface area (Å²) in [6, 6.07) is 14.7. The van der Waals surface area contributed by atoms with Gasteiger partial charge in [0.1, 0.15) is 10.1 Å². The predicted molar refractivity (Wildman–Crippen MR) is 84.1 cm³/mol. The van der Waals surface area contributed by atoms with E-state index in [0.717, 1.165) is 16.2 Å². The Labute approximate surface area is 178 Å². The topological polar surface area (TPSA) is 57.2 Å². The molecule has 0 atom stereocenters. The quantitative estimate of drug-likeness (QED) is 0.489. The minimum Gasteiger partial charge on any atom is -0.744 e. The molecule has 0 heterocycles. The minimum absolute atomic E-state index is 0. The minimum atomic E-state index is -4.58. The van der Waals surface area contributed by atoms with Gasteiger partial charge in [-0.15, -0.1) is 0 Å². The second-order valence-corrected chi connectivity index (χ2v) is 6.41. The molecule has 3 aromatic rings.